The zero-order chi connectivity index (χ0) is 14.8. The number of hydrogen-bond acceptors (Lipinski definition) is 2. The Hall–Kier alpha value is -1.62. The number of carbonyl (C=O) groups excluding carboxylic acids is 1. The Morgan fingerprint density at radius 3 is 2.76 bits per heavy atom. The van der Waals surface area contributed by atoms with E-state index in [-0.39, 0.29) is 29.7 Å². The fraction of sp³-hybridized carbons (Fsp3) is 0.467. The summed E-state index contributed by atoms with van der Waals surface area (Å²) >= 11 is 5.89. The molecular formula is C15H17ClFN3O. The van der Waals surface area contributed by atoms with E-state index in [9.17, 15) is 9.18 Å². The first-order chi connectivity index (χ1) is 10.2. The summed E-state index contributed by atoms with van der Waals surface area (Å²) in [5, 5.41) is 0. The molecule has 1 aromatic heterocycles. The standard InChI is InChI=1S/C15H17ClFN3O/c16-9-13-18-15-11(17)5-4-6-12(15)20(13)10-14(21)19-7-2-1-3-8-19/h4-6H,1-3,7-10H2. The minimum atomic E-state index is -0.386. The molecule has 0 bridgehead atoms. The highest BCUT2D eigenvalue weighted by Crippen LogP contribution is 2.21. The SMILES string of the molecule is O=C(Cn1c(CCl)nc2c(F)cccc21)N1CCCCC1. The van der Waals surface area contributed by atoms with E-state index in [4.69, 9.17) is 11.6 Å². The predicted octanol–water partition coefficient (Wildman–Crippen LogP) is 2.93. The fourth-order valence-electron chi connectivity index (χ4n) is 2.82. The second-order valence-corrected chi connectivity index (χ2v) is 5.56. The monoisotopic (exact) mass is 309 g/mol. The summed E-state index contributed by atoms with van der Waals surface area (Å²) < 4.78 is 15.5. The van der Waals surface area contributed by atoms with Gasteiger partial charge >= 0.3 is 0 Å². The molecule has 1 aliphatic rings. The maximum Gasteiger partial charge on any atom is 0.242 e. The maximum absolute atomic E-state index is 13.8. The van der Waals surface area contributed by atoms with Crippen molar-refractivity contribution < 1.29 is 9.18 Å². The molecule has 0 saturated carbocycles. The number of rotatable bonds is 3. The van der Waals surface area contributed by atoms with Gasteiger partial charge in [0, 0.05) is 13.1 Å². The van der Waals surface area contributed by atoms with Crippen LogP contribution in [-0.2, 0) is 17.2 Å². The van der Waals surface area contributed by atoms with E-state index < -0.39 is 0 Å². The molecule has 0 atom stereocenters. The third-order valence-corrected chi connectivity index (χ3v) is 4.17. The van der Waals surface area contributed by atoms with Crippen LogP contribution in [0.1, 0.15) is 25.1 Å². The lowest BCUT2D eigenvalue weighted by Crippen LogP contribution is -2.38. The number of halogens is 2. The fourth-order valence-corrected chi connectivity index (χ4v) is 3.02. The van der Waals surface area contributed by atoms with E-state index in [0.717, 1.165) is 25.9 Å². The van der Waals surface area contributed by atoms with Crippen LogP contribution in [0.2, 0.25) is 0 Å². The summed E-state index contributed by atoms with van der Waals surface area (Å²) in [6, 6.07) is 4.76. The van der Waals surface area contributed by atoms with Gasteiger partial charge in [-0.1, -0.05) is 6.07 Å². The quantitative estimate of drug-likeness (QED) is 0.818. The largest absolute Gasteiger partial charge is 0.341 e. The summed E-state index contributed by atoms with van der Waals surface area (Å²) in [5.74, 6) is 0.344. The van der Waals surface area contributed by atoms with E-state index in [0.29, 0.717) is 11.3 Å². The van der Waals surface area contributed by atoms with Crippen LogP contribution in [-0.4, -0.2) is 33.4 Å². The van der Waals surface area contributed by atoms with Gasteiger partial charge in [0.25, 0.3) is 0 Å². The van der Waals surface area contributed by atoms with Gasteiger partial charge in [-0.05, 0) is 31.4 Å². The smallest absolute Gasteiger partial charge is 0.242 e. The summed E-state index contributed by atoms with van der Waals surface area (Å²) in [4.78, 5) is 18.5. The van der Waals surface area contributed by atoms with E-state index in [2.05, 4.69) is 4.98 Å². The first kappa shape index (κ1) is 14.3. The van der Waals surface area contributed by atoms with Gasteiger partial charge in [0.1, 0.15) is 17.9 Å². The lowest BCUT2D eigenvalue weighted by molar-refractivity contribution is -0.132. The molecule has 21 heavy (non-hydrogen) atoms. The molecule has 2 aromatic rings. The number of carbonyl (C=O) groups is 1. The topological polar surface area (TPSA) is 38.1 Å². The van der Waals surface area contributed by atoms with Crippen molar-refractivity contribution in [1.82, 2.24) is 14.5 Å². The Kier molecular flexibility index (Phi) is 4.10. The van der Waals surface area contributed by atoms with Crippen molar-refractivity contribution >= 4 is 28.5 Å². The van der Waals surface area contributed by atoms with Crippen LogP contribution in [0.25, 0.3) is 11.0 Å². The average Bonchev–Trinajstić information content (AvgIpc) is 2.87. The summed E-state index contributed by atoms with van der Waals surface area (Å²) in [6.45, 7) is 1.77. The van der Waals surface area contributed by atoms with Crippen LogP contribution in [0.4, 0.5) is 4.39 Å². The number of benzene rings is 1. The molecule has 0 N–H and O–H groups in total. The molecule has 112 valence electrons. The molecule has 1 fully saturated rings. The van der Waals surface area contributed by atoms with Gasteiger partial charge in [-0.25, -0.2) is 9.37 Å². The van der Waals surface area contributed by atoms with Crippen molar-refractivity contribution in [2.45, 2.75) is 31.7 Å². The van der Waals surface area contributed by atoms with Crippen molar-refractivity contribution in [3.05, 3.63) is 29.8 Å². The third-order valence-electron chi connectivity index (χ3n) is 3.93. The Labute approximate surface area is 127 Å². The van der Waals surface area contributed by atoms with E-state index in [1.807, 2.05) is 4.90 Å². The number of alkyl halides is 1. The molecule has 0 radical (unpaired) electrons. The van der Waals surface area contributed by atoms with Crippen molar-refractivity contribution in [3.8, 4) is 0 Å². The number of fused-ring (bicyclic) bond motifs is 1. The average molecular weight is 310 g/mol. The highest BCUT2D eigenvalue weighted by atomic mass is 35.5. The van der Waals surface area contributed by atoms with Gasteiger partial charge < -0.3 is 9.47 Å². The van der Waals surface area contributed by atoms with Gasteiger partial charge in [-0.2, -0.15) is 0 Å². The Morgan fingerprint density at radius 1 is 1.29 bits per heavy atom. The molecule has 1 aliphatic heterocycles. The summed E-state index contributed by atoms with van der Waals surface area (Å²) in [6.07, 6.45) is 3.27. The van der Waals surface area contributed by atoms with Crippen LogP contribution in [0, 0.1) is 5.82 Å². The molecule has 3 rings (SSSR count). The molecule has 6 heteroatoms. The molecular weight excluding hydrogens is 293 g/mol. The number of nitrogens with zero attached hydrogens (tertiary/aromatic N) is 3. The second kappa shape index (κ2) is 6.02. The number of hydrogen-bond donors (Lipinski definition) is 0. The molecule has 1 saturated heterocycles. The number of aromatic nitrogens is 2. The maximum atomic E-state index is 13.8. The normalized spacial score (nSPS) is 15.6. The minimum Gasteiger partial charge on any atom is -0.341 e. The van der Waals surface area contributed by atoms with Gasteiger partial charge in [0.15, 0.2) is 5.82 Å². The lowest BCUT2D eigenvalue weighted by atomic mass is 10.1. The van der Waals surface area contributed by atoms with E-state index >= 15 is 0 Å². The number of likely N-dealkylation sites (tertiary alicyclic amines) is 1. The summed E-state index contributed by atoms with van der Waals surface area (Å²) in [5.41, 5.74) is 0.899. The van der Waals surface area contributed by atoms with Crippen molar-refractivity contribution in [2.75, 3.05) is 13.1 Å². The highest BCUT2D eigenvalue weighted by Gasteiger charge is 2.20. The number of para-hydroxylation sites is 1. The van der Waals surface area contributed by atoms with Gasteiger partial charge in [-0.3, -0.25) is 4.79 Å². The number of amides is 1. The number of piperidine rings is 1. The summed E-state index contributed by atoms with van der Waals surface area (Å²) in [7, 11) is 0. The Balaban J connectivity index is 1.92. The third kappa shape index (κ3) is 2.75. The van der Waals surface area contributed by atoms with Crippen LogP contribution >= 0.6 is 11.6 Å². The highest BCUT2D eigenvalue weighted by molar-refractivity contribution is 6.16. The second-order valence-electron chi connectivity index (χ2n) is 5.30. The van der Waals surface area contributed by atoms with Crippen LogP contribution < -0.4 is 0 Å². The number of imidazole rings is 1. The Morgan fingerprint density at radius 2 is 2.05 bits per heavy atom. The first-order valence-corrected chi connectivity index (χ1v) is 7.71. The van der Waals surface area contributed by atoms with Crippen LogP contribution in [0.5, 0.6) is 0 Å². The molecule has 0 spiro atoms. The molecule has 1 aromatic carbocycles. The zero-order valence-electron chi connectivity index (χ0n) is 11.7. The molecule has 2 heterocycles. The van der Waals surface area contributed by atoms with E-state index in [1.54, 1.807) is 16.7 Å². The predicted molar refractivity (Wildman–Crippen MR) is 79.7 cm³/mol. The van der Waals surface area contributed by atoms with Crippen molar-refractivity contribution in [1.29, 1.82) is 0 Å². The van der Waals surface area contributed by atoms with Crippen LogP contribution in [0.15, 0.2) is 18.2 Å². The molecule has 0 unspecified atom stereocenters. The van der Waals surface area contributed by atoms with E-state index in [1.165, 1.54) is 12.5 Å². The first-order valence-electron chi connectivity index (χ1n) is 7.18. The molecule has 1 amide bonds. The van der Waals surface area contributed by atoms with Gasteiger partial charge in [0.2, 0.25) is 5.91 Å². The minimum absolute atomic E-state index is 0.0460. The van der Waals surface area contributed by atoms with Crippen molar-refractivity contribution in [2.24, 2.45) is 0 Å². The zero-order valence-corrected chi connectivity index (χ0v) is 12.4. The molecule has 0 aliphatic carbocycles. The lowest BCUT2D eigenvalue weighted by Gasteiger charge is -2.27. The van der Waals surface area contributed by atoms with Gasteiger partial charge in [-0.15, -0.1) is 11.6 Å². The molecule has 4 nitrogen and oxygen atoms in total. The Bertz CT molecular complexity index is 664. The van der Waals surface area contributed by atoms with Crippen LogP contribution in [0.3, 0.4) is 0 Å². The van der Waals surface area contributed by atoms with Crippen molar-refractivity contribution in [3.63, 3.8) is 0 Å². The van der Waals surface area contributed by atoms with Gasteiger partial charge in [0.05, 0.1) is 11.4 Å².